The molecule has 8 fully saturated rings. The molecule has 0 spiro atoms. The molecule has 0 aliphatic heterocycles. The fourth-order valence-corrected chi connectivity index (χ4v) is 9.94. The summed E-state index contributed by atoms with van der Waals surface area (Å²) >= 11 is 0. The molecule has 2 atom stereocenters. The molecule has 9 heteroatoms. The van der Waals surface area contributed by atoms with Crippen LogP contribution in [0.1, 0.15) is 132 Å². The van der Waals surface area contributed by atoms with E-state index >= 15 is 0 Å². The van der Waals surface area contributed by atoms with Gasteiger partial charge in [-0.1, -0.05) is 13.8 Å². The van der Waals surface area contributed by atoms with Crippen molar-refractivity contribution >= 4 is 23.9 Å². The summed E-state index contributed by atoms with van der Waals surface area (Å²) in [5.41, 5.74) is -2.41. The maximum atomic E-state index is 12.4. The zero-order valence-corrected chi connectivity index (χ0v) is 29.3. The number of rotatable bonds is 10. The standard InChI is InChI=1S/C21H32O6.C16H26O3/c1-5-20(2,3)19(24)26-11-17(22)25-12-18(23)27-21(4)15-7-13-6-14(9-15)10-16(21)8-13;1-4-14(2,3)13(17)19-16-8-11-5-12(9-16)7-15(18,6-11)10-16/h13-16H,5-12H2,1-4H3;11-12,18H,4-10H2,1-3H3. The predicted molar refractivity (Wildman–Crippen MR) is 170 cm³/mol. The summed E-state index contributed by atoms with van der Waals surface area (Å²) in [4.78, 5) is 48.3. The van der Waals surface area contributed by atoms with Gasteiger partial charge in [0.1, 0.15) is 11.2 Å². The molecule has 2 unspecified atom stereocenters. The minimum absolute atomic E-state index is 0.0828. The highest BCUT2D eigenvalue weighted by Gasteiger charge is 2.60. The van der Waals surface area contributed by atoms with Crippen molar-refractivity contribution in [2.45, 2.75) is 149 Å². The van der Waals surface area contributed by atoms with E-state index < -0.39 is 53.2 Å². The second-order valence-electron chi connectivity index (χ2n) is 17.4. The Bertz CT molecular complexity index is 1140. The molecule has 0 amide bonds. The first-order valence-electron chi connectivity index (χ1n) is 17.9. The van der Waals surface area contributed by atoms with Crippen LogP contribution in [-0.4, -0.2) is 59.0 Å². The van der Waals surface area contributed by atoms with Crippen LogP contribution in [0.4, 0.5) is 0 Å². The normalized spacial score (nSPS) is 38.4. The first-order valence-corrected chi connectivity index (χ1v) is 17.9. The zero-order valence-electron chi connectivity index (χ0n) is 29.3. The molecule has 8 bridgehead atoms. The molecule has 8 saturated carbocycles. The average molecular weight is 647 g/mol. The van der Waals surface area contributed by atoms with Gasteiger partial charge in [0, 0.05) is 6.42 Å². The number of carbonyl (C=O) groups is 4. The Hall–Kier alpha value is -2.16. The molecule has 0 heterocycles. The quantitative estimate of drug-likeness (QED) is 0.214. The second kappa shape index (κ2) is 12.7. The summed E-state index contributed by atoms with van der Waals surface area (Å²) in [6, 6.07) is 0. The maximum absolute atomic E-state index is 12.4. The third kappa shape index (κ3) is 7.29. The number of hydrogen-bond donors (Lipinski definition) is 1. The van der Waals surface area contributed by atoms with Gasteiger partial charge in [-0.25, -0.2) is 9.59 Å². The first kappa shape index (κ1) is 35.2. The summed E-state index contributed by atoms with van der Waals surface area (Å²) in [5.74, 6) is 1.76. The van der Waals surface area contributed by atoms with Crippen LogP contribution in [-0.2, 0) is 38.1 Å². The van der Waals surface area contributed by atoms with E-state index in [4.69, 9.17) is 18.9 Å². The monoisotopic (exact) mass is 646 g/mol. The molecule has 8 aliphatic rings. The van der Waals surface area contributed by atoms with Gasteiger partial charge < -0.3 is 24.1 Å². The van der Waals surface area contributed by atoms with Crippen molar-refractivity contribution in [1.29, 1.82) is 0 Å². The molecule has 1 N–H and O–H groups in total. The zero-order chi connectivity index (χ0) is 33.7. The SMILES string of the molecule is CCC(C)(C)C(=O)OC12CC3CC(CC(O)(C3)C1)C2.CCC(C)(C)C(=O)OCC(=O)OCC(=O)OC1(C)C2CC3CC(C2)CC1C3. The van der Waals surface area contributed by atoms with Gasteiger partial charge in [0.15, 0.2) is 13.2 Å². The van der Waals surface area contributed by atoms with Gasteiger partial charge in [-0.3, -0.25) is 9.59 Å². The minimum Gasteiger partial charge on any atom is -0.459 e. The van der Waals surface area contributed by atoms with Crippen molar-refractivity contribution in [2.75, 3.05) is 13.2 Å². The van der Waals surface area contributed by atoms with Crippen molar-refractivity contribution in [2.24, 2.45) is 46.3 Å². The van der Waals surface area contributed by atoms with Gasteiger partial charge in [-0.2, -0.15) is 0 Å². The summed E-state index contributed by atoms with van der Waals surface area (Å²) in [5, 5.41) is 10.6. The fourth-order valence-electron chi connectivity index (χ4n) is 9.94. The van der Waals surface area contributed by atoms with Crippen LogP contribution < -0.4 is 0 Å². The number of carbonyl (C=O) groups excluding carboxylic acids is 4. The highest BCUT2D eigenvalue weighted by atomic mass is 16.6. The van der Waals surface area contributed by atoms with Crippen LogP contribution >= 0.6 is 0 Å². The second-order valence-corrected chi connectivity index (χ2v) is 17.4. The average Bonchev–Trinajstić information content (AvgIpc) is 2.96. The molecular weight excluding hydrogens is 588 g/mol. The van der Waals surface area contributed by atoms with E-state index in [1.165, 1.54) is 12.8 Å². The highest BCUT2D eigenvalue weighted by Crippen LogP contribution is 2.60. The van der Waals surface area contributed by atoms with E-state index in [0.717, 1.165) is 69.6 Å². The largest absolute Gasteiger partial charge is 0.459 e. The lowest BCUT2D eigenvalue weighted by Gasteiger charge is -2.59. The molecule has 0 aromatic rings. The van der Waals surface area contributed by atoms with Crippen LogP contribution in [0.2, 0.25) is 0 Å². The van der Waals surface area contributed by atoms with Gasteiger partial charge in [-0.05, 0) is 147 Å². The predicted octanol–water partition coefficient (Wildman–Crippen LogP) is 6.32. The van der Waals surface area contributed by atoms with Crippen LogP contribution in [0.3, 0.4) is 0 Å². The Morgan fingerprint density at radius 1 is 0.652 bits per heavy atom. The number of esters is 4. The third-order valence-corrected chi connectivity index (χ3v) is 12.9. The lowest BCUT2D eigenvalue weighted by atomic mass is 9.50. The van der Waals surface area contributed by atoms with Gasteiger partial charge in [-0.15, -0.1) is 0 Å². The van der Waals surface area contributed by atoms with Crippen molar-refractivity contribution in [3.8, 4) is 0 Å². The highest BCUT2D eigenvalue weighted by molar-refractivity contribution is 5.81. The molecular formula is C37H58O9. The molecule has 0 aromatic carbocycles. The maximum Gasteiger partial charge on any atom is 0.344 e. The van der Waals surface area contributed by atoms with Gasteiger partial charge in [0.25, 0.3) is 0 Å². The van der Waals surface area contributed by atoms with E-state index in [2.05, 4.69) is 6.92 Å². The lowest BCUT2D eigenvalue weighted by Crippen LogP contribution is -2.61. The molecule has 0 radical (unpaired) electrons. The van der Waals surface area contributed by atoms with Crippen LogP contribution in [0.5, 0.6) is 0 Å². The molecule has 8 rings (SSSR count). The fraction of sp³-hybridized carbons (Fsp3) is 0.892. The third-order valence-electron chi connectivity index (χ3n) is 12.9. The van der Waals surface area contributed by atoms with E-state index in [1.807, 2.05) is 27.7 Å². The molecule has 0 aromatic heterocycles. The van der Waals surface area contributed by atoms with Crippen molar-refractivity contribution < 1.29 is 43.2 Å². The Labute approximate surface area is 275 Å². The Balaban J connectivity index is 0.000000192. The molecule has 9 nitrogen and oxygen atoms in total. The minimum atomic E-state index is -0.734. The Kier molecular flexibility index (Phi) is 9.71. The molecule has 260 valence electrons. The van der Waals surface area contributed by atoms with Crippen LogP contribution in [0, 0.1) is 46.3 Å². The summed E-state index contributed by atoms with van der Waals surface area (Å²) in [6.45, 7) is 12.4. The summed E-state index contributed by atoms with van der Waals surface area (Å²) < 4.78 is 21.7. The van der Waals surface area contributed by atoms with Crippen molar-refractivity contribution in [3.63, 3.8) is 0 Å². The Morgan fingerprint density at radius 3 is 1.63 bits per heavy atom. The molecule has 8 aliphatic carbocycles. The number of aliphatic hydroxyl groups is 1. The molecule has 46 heavy (non-hydrogen) atoms. The molecule has 0 saturated heterocycles. The van der Waals surface area contributed by atoms with E-state index in [1.54, 1.807) is 13.8 Å². The van der Waals surface area contributed by atoms with Gasteiger partial charge in [0.05, 0.1) is 16.4 Å². The number of ether oxygens (including phenoxy) is 4. The summed E-state index contributed by atoms with van der Waals surface area (Å²) in [6.07, 6.45) is 12.9. The lowest BCUT2D eigenvalue weighted by molar-refractivity contribution is -0.225. The smallest absolute Gasteiger partial charge is 0.344 e. The van der Waals surface area contributed by atoms with Crippen molar-refractivity contribution in [1.82, 2.24) is 0 Å². The van der Waals surface area contributed by atoms with Crippen molar-refractivity contribution in [3.05, 3.63) is 0 Å². The van der Waals surface area contributed by atoms with E-state index in [0.29, 0.717) is 36.5 Å². The van der Waals surface area contributed by atoms with Gasteiger partial charge in [0.2, 0.25) is 0 Å². The van der Waals surface area contributed by atoms with Crippen LogP contribution in [0.15, 0.2) is 0 Å². The van der Waals surface area contributed by atoms with Crippen LogP contribution in [0.25, 0.3) is 0 Å². The topological polar surface area (TPSA) is 125 Å². The van der Waals surface area contributed by atoms with E-state index in [-0.39, 0.29) is 11.6 Å². The van der Waals surface area contributed by atoms with Gasteiger partial charge >= 0.3 is 23.9 Å². The van der Waals surface area contributed by atoms with E-state index in [9.17, 15) is 24.3 Å². The number of hydrogen-bond acceptors (Lipinski definition) is 9. The summed E-state index contributed by atoms with van der Waals surface area (Å²) in [7, 11) is 0. The first-order chi connectivity index (χ1) is 21.4. The Morgan fingerprint density at radius 2 is 1.13 bits per heavy atom.